The zero-order valence-corrected chi connectivity index (χ0v) is 20.3. The molecule has 0 radical (unpaired) electrons. The molecule has 5 rings (SSSR count). The molecule has 0 unspecified atom stereocenters. The van der Waals surface area contributed by atoms with Gasteiger partial charge >= 0.3 is 0 Å². The van der Waals surface area contributed by atoms with Crippen LogP contribution in [0.4, 0.5) is 10.2 Å². The van der Waals surface area contributed by atoms with Gasteiger partial charge in [0, 0.05) is 18.3 Å². The third kappa shape index (κ3) is 5.21. The summed E-state index contributed by atoms with van der Waals surface area (Å²) in [5, 5.41) is 7.61. The molecule has 3 aromatic heterocycles. The zero-order valence-electron chi connectivity index (χ0n) is 19.5. The number of aromatic nitrogens is 5. The third-order valence-corrected chi connectivity index (χ3v) is 5.18. The van der Waals surface area contributed by atoms with Crippen LogP contribution in [0.25, 0.3) is 28.2 Å². The summed E-state index contributed by atoms with van der Waals surface area (Å²) in [6, 6.07) is 15.0. The summed E-state index contributed by atoms with van der Waals surface area (Å²) < 4.78 is 31.6. The molecule has 10 nitrogen and oxygen atoms in total. The molecule has 2 N–H and O–H groups in total. The predicted octanol–water partition coefficient (Wildman–Crippen LogP) is 4.35. The highest BCUT2D eigenvalue weighted by molar-refractivity contribution is 5.85. The van der Waals surface area contributed by atoms with Crippen molar-refractivity contribution in [3.8, 4) is 34.6 Å². The standard InChI is InChI=1S/C24H22FN7O3.ClH/c1-31(2)11-12-33-17-9-5-16(6-10-17)32-20-13-21(34-18-7-3-15(25)4-8-18)27-14-19(20)28-24(32)22-23(26)30-35-29-22;/h3-10,13-14H,11-12H2,1-2H3,(H2,26,30);1H. The number of nitrogen functional groups attached to an aromatic ring is 1. The van der Waals surface area contributed by atoms with E-state index in [-0.39, 0.29) is 24.0 Å². The fourth-order valence-electron chi connectivity index (χ4n) is 3.45. The van der Waals surface area contributed by atoms with Crippen LogP contribution in [-0.4, -0.2) is 57.0 Å². The van der Waals surface area contributed by atoms with Gasteiger partial charge in [0.15, 0.2) is 17.3 Å². The average Bonchev–Trinajstić information content (AvgIpc) is 3.43. The lowest BCUT2D eigenvalue weighted by atomic mass is 10.2. The molecular formula is C24H23ClFN7O3. The first kappa shape index (κ1) is 24.9. The molecule has 2 aromatic carbocycles. The summed E-state index contributed by atoms with van der Waals surface area (Å²) in [5.74, 6) is 1.70. The number of imidazole rings is 1. The molecule has 36 heavy (non-hydrogen) atoms. The van der Waals surface area contributed by atoms with E-state index >= 15 is 0 Å². The van der Waals surface area contributed by atoms with Crippen LogP contribution in [0.5, 0.6) is 17.4 Å². The maximum absolute atomic E-state index is 13.3. The molecule has 12 heteroatoms. The highest BCUT2D eigenvalue weighted by atomic mass is 35.5. The van der Waals surface area contributed by atoms with Crippen LogP contribution in [0.2, 0.25) is 0 Å². The second kappa shape index (κ2) is 10.6. The van der Waals surface area contributed by atoms with Gasteiger partial charge in [0.05, 0.1) is 11.7 Å². The molecular weight excluding hydrogens is 489 g/mol. The number of pyridine rings is 1. The highest BCUT2D eigenvalue weighted by Gasteiger charge is 2.21. The molecule has 0 atom stereocenters. The van der Waals surface area contributed by atoms with Crippen LogP contribution >= 0.6 is 12.4 Å². The number of halogens is 2. The second-order valence-electron chi connectivity index (χ2n) is 7.98. The molecule has 0 spiro atoms. The molecule has 3 heterocycles. The predicted molar refractivity (Wildman–Crippen MR) is 134 cm³/mol. The number of ether oxygens (including phenoxy) is 2. The molecule has 186 valence electrons. The molecule has 0 aliphatic rings. The number of hydrogen-bond donors (Lipinski definition) is 1. The summed E-state index contributed by atoms with van der Waals surface area (Å²) in [6.07, 6.45) is 1.58. The minimum atomic E-state index is -0.351. The number of likely N-dealkylation sites (N-methyl/N-ethyl adjacent to an activating group) is 1. The average molecular weight is 512 g/mol. The van der Waals surface area contributed by atoms with E-state index in [2.05, 4.69) is 20.3 Å². The van der Waals surface area contributed by atoms with Crippen LogP contribution in [-0.2, 0) is 0 Å². The lowest BCUT2D eigenvalue weighted by Gasteiger charge is -2.12. The number of anilines is 1. The Balaban J connectivity index is 0.00000304. The van der Waals surface area contributed by atoms with Gasteiger partial charge in [-0.15, -0.1) is 12.4 Å². The van der Waals surface area contributed by atoms with E-state index in [4.69, 9.17) is 19.8 Å². The summed E-state index contributed by atoms with van der Waals surface area (Å²) in [5.41, 5.74) is 8.33. The van der Waals surface area contributed by atoms with Crippen molar-refractivity contribution in [3.63, 3.8) is 0 Å². The van der Waals surface area contributed by atoms with Crippen molar-refractivity contribution in [1.29, 1.82) is 0 Å². The molecule has 5 aromatic rings. The minimum Gasteiger partial charge on any atom is -0.492 e. The SMILES string of the molecule is CN(C)CCOc1ccc(-n2c(-c3nonc3N)nc3cnc(Oc4ccc(F)cc4)cc32)cc1.Cl. The van der Waals surface area contributed by atoms with E-state index in [1.54, 1.807) is 12.3 Å². The molecule has 0 bridgehead atoms. The van der Waals surface area contributed by atoms with Crippen LogP contribution in [0.3, 0.4) is 0 Å². The van der Waals surface area contributed by atoms with Gasteiger partial charge in [0.1, 0.15) is 29.4 Å². The van der Waals surface area contributed by atoms with Gasteiger partial charge in [-0.3, -0.25) is 4.57 Å². The molecule has 0 fully saturated rings. The van der Waals surface area contributed by atoms with Crippen molar-refractivity contribution >= 4 is 29.3 Å². The number of nitrogens with two attached hydrogens (primary N) is 1. The monoisotopic (exact) mass is 511 g/mol. The van der Waals surface area contributed by atoms with E-state index in [9.17, 15) is 4.39 Å². The molecule has 0 amide bonds. The van der Waals surface area contributed by atoms with Crippen molar-refractivity contribution in [2.45, 2.75) is 0 Å². The number of rotatable bonds is 8. The summed E-state index contributed by atoms with van der Waals surface area (Å²) in [7, 11) is 3.98. The van der Waals surface area contributed by atoms with Gasteiger partial charge < -0.3 is 20.1 Å². The van der Waals surface area contributed by atoms with Gasteiger partial charge in [0.2, 0.25) is 5.88 Å². The zero-order chi connectivity index (χ0) is 24.4. The minimum absolute atomic E-state index is 0. The Kier molecular flexibility index (Phi) is 7.32. The van der Waals surface area contributed by atoms with E-state index in [1.165, 1.54) is 24.3 Å². The normalized spacial score (nSPS) is 11.0. The Morgan fingerprint density at radius 2 is 1.75 bits per heavy atom. The van der Waals surface area contributed by atoms with Crippen LogP contribution in [0.1, 0.15) is 0 Å². The van der Waals surface area contributed by atoms with Crippen LogP contribution in [0, 0.1) is 5.82 Å². The van der Waals surface area contributed by atoms with Crippen molar-refractivity contribution in [1.82, 2.24) is 29.7 Å². The number of hydrogen-bond acceptors (Lipinski definition) is 9. The Labute approximate surface area is 211 Å². The fourth-order valence-corrected chi connectivity index (χ4v) is 3.45. The van der Waals surface area contributed by atoms with Crippen molar-refractivity contribution < 1.29 is 18.5 Å². The topological polar surface area (TPSA) is 117 Å². The maximum atomic E-state index is 13.3. The second-order valence-corrected chi connectivity index (χ2v) is 7.98. The van der Waals surface area contributed by atoms with Gasteiger partial charge in [-0.25, -0.2) is 19.0 Å². The van der Waals surface area contributed by atoms with Crippen molar-refractivity contribution in [3.05, 3.63) is 66.6 Å². The summed E-state index contributed by atoms with van der Waals surface area (Å²) in [4.78, 5) is 11.0. The number of fused-ring (bicyclic) bond motifs is 1. The molecule has 0 aliphatic heterocycles. The quantitative estimate of drug-likeness (QED) is 0.324. The van der Waals surface area contributed by atoms with E-state index in [0.29, 0.717) is 40.8 Å². The van der Waals surface area contributed by atoms with Gasteiger partial charge in [-0.1, -0.05) is 0 Å². The Hall–Kier alpha value is -4.22. The fraction of sp³-hybridized carbons (Fsp3) is 0.167. The Bertz CT molecular complexity index is 1450. The summed E-state index contributed by atoms with van der Waals surface area (Å²) >= 11 is 0. The van der Waals surface area contributed by atoms with Crippen molar-refractivity contribution in [2.24, 2.45) is 0 Å². The Morgan fingerprint density at radius 3 is 2.42 bits per heavy atom. The molecule has 0 aliphatic carbocycles. The van der Waals surface area contributed by atoms with Crippen LogP contribution in [0.15, 0.2) is 65.4 Å². The van der Waals surface area contributed by atoms with Gasteiger partial charge in [-0.2, -0.15) is 0 Å². The summed E-state index contributed by atoms with van der Waals surface area (Å²) in [6.45, 7) is 1.38. The molecule has 0 saturated heterocycles. The largest absolute Gasteiger partial charge is 0.492 e. The van der Waals surface area contributed by atoms with Crippen molar-refractivity contribution in [2.75, 3.05) is 33.0 Å². The highest BCUT2D eigenvalue weighted by Crippen LogP contribution is 2.32. The van der Waals surface area contributed by atoms with E-state index in [1.807, 2.05) is 47.8 Å². The lowest BCUT2D eigenvalue weighted by molar-refractivity contribution is 0.261. The first-order chi connectivity index (χ1) is 17.0. The Morgan fingerprint density at radius 1 is 1.03 bits per heavy atom. The van der Waals surface area contributed by atoms with E-state index < -0.39 is 0 Å². The lowest BCUT2D eigenvalue weighted by Crippen LogP contribution is -2.19. The number of benzene rings is 2. The van der Waals surface area contributed by atoms with Gasteiger partial charge in [0.25, 0.3) is 0 Å². The van der Waals surface area contributed by atoms with Gasteiger partial charge in [-0.05, 0) is 72.9 Å². The first-order valence-corrected chi connectivity index (χ1v) is 10.8. The number of nitrogens with zero attached hydrogens (tertiary/aromatic N) is 6. The molecule has 0 saturated carbocycles. The van der Waals surface area contributed by atoms with Crippen LogP contribution < -0.4 is 15.2 Å². The maximum Gasteiger partial charge on any atom is 0.221 e. The first-order valence-electron chi connectivity index (χ1n) is 10.8. The van der Waals surface area contributed by atoms with E-state index in [0.717, 1.165) is 18.0 Å². The third-order valence-electron chi connectivity index (χ3n) is 5.18. The smallest absolute Gasteiger partial charge is 0.221 e.